The highest BCUT2D eigenvalue weighted by Crippen LogP contribution is 2.32. The Kier molecular flexibility index (Phi) is 5.62. The van der Waals surface area contributed by atoms with Crippen LogP contribution in [0, 0.1) is 11.6 Å². The Hall–Kier alpha value is -2.73. The molecule has 1 N–H and O–H groups in total. The number of nitrogens with one attached hydrogen (secondary N) is 1. The number of likely N-dealkylation sites (N-methyl/N-ethyl adjacent to an activating group) is 1. The average Bonchev–Trinajstić information content (AvgIpc) is 3.10. The first-order valence-electron chi connectivity index (χ1n) is 10.1. The largest absolute Gasteiger partial charge is 0.354 e. The van der Waals surface area contributed by atoms with Crippen LogP contribution in [0.2, 0.25) is 0 Å². The Balaban J connectivity index is 1.58. The van der Waals surface area contributed by atoms with Crippen LogP contribution in [0.25, 0.3) is 22.2 Å². The Labute approximate surface area is 169 Å². The van der Waals surface area contributed by atoms with Crippen LogP contribution in [0.3, 0.4) is 0 Å². The quantitative estimate of drug-likeness (QED) is 0.701. The van der Waals surface area contributed by atoms with Gasteiger partial charge in [0.1, 0.15) is 11.6 Å². The van der Waals surface area contributed by atoms with Crippen LogP contribution in [0.1, 0.15) is 18.9 Å². The van der Waals surface area contributed by atoms with Gasteiger partial charge in [-0.25, -0.2) is 8.78 Å². The molecule has 1 fully saturated rings. The van der Waals surface area contributed by atoms with Gasteiger partial charge in [0.2, 0.25) is 5.91 Å². The van der Waals surface area contributed by atoms with Crippen LogP contribution >= 0.6 is 0 Å². The zero-order chi connectivity index (χ0) is 20.4. The number of H-pyrrole nitrogens is 1. The molecule has 1 amide bonds. The molecule has 1 aromatic heterocycles. The van der Waals surface area contributed by atoms with Crippen LogP contribution in [0.5, 0.6) is 0 Å². The Morgan fingerprint density at radius 1 is 1.00 bits per heavy atom. The van der Waals surface area contributed by atoms with Crippen LogP contribution in [-0.2, 0) is 11.2 Å². The molecule has 0 spiro atoms. The molecule has 152 valence electrons. The molecule has 2 heterocycles. The van der Waals surface area contributed by atoms with Crippen molar-refractivity contribution in [2.75, 3.05) is 32.7 Å². The molecule has 4 nitrogen and oxygen atoms in total. The van der Waals surface area contributed by atoms with E-state index in [1.165, 1.54) is 24.3 Å². The smallest absolute Gasteiger partial charge is 0.222 e. The predicted molar refractivity (Wildman–Crippen MR) is 111 cm³/mol. The number of aromatic nitrogens is 1. The van der Waals surface area contributed by atoms with E-state index in [4.69, 9.17) is 0 Å². The molecule has 0 saturated carbocycles. The molecule has 6 heteroatoms. The van der Waals surface area contributed by atoms with Gasteiger partial charge in [-0.05, 0) is 66.6 Å². The summed E-state index contributed by atoms with van der Waals surface area (Å²) in [6.45, 7) is 6.44. The molecular weight excluding hydrogens is 372 g/mol. The summed E-state index contributed by atoms with van der Waals surface area (Å²) in [5.41, 5.74) is 3.34. The van der Waals surface area contributed by atoms with E-state index in [-0.39, 0.29) is 17.5 Å². The van der Waals surface area contributed by atoms with Crippen LogP contribution < -0.4 is 0 Å². The third-order valence-corrected chi connectivity index (χ3v) is 5.76. The first-order chi connectivity index (χ1) is 14.0. The number of carbonyl (C=O) groups is 1. The summed E-state index contributed by atoms with van der Waals surface area (Å²) in [5.74, 6) is -0.499. The summed E-state index contributed by atoms with van der Waals surface area (Å²) >= 11 is 0. The minimum atomic E-state index is -0.314. The number of carbonyl (C=O) groups excluding carboxylic acids is 1. The van der Waals surface area contributed by atoms with Crippen molar-refractivity contribution in [1.82, 2.24) is 14.8 Å². The molecule has 0 aliphatic carbocycles. The van der Waals surface area contributed by atoms with Crippen LogP contribution in [0.15, 0.2) is 42.5 Å². The van der Waals surface area contributed by atoms with Gasteiger partial charge in [-0.3, -0.25) is 4.79 Å². The molecule has 0 bridgehead atoms. The molecule has 0 radical (unpaired) electrons. The lowest BCUT2D eigenvalue weighted by Crippen LogP contribution is -2.48. The second kappa shape index (κ2) is 8.33. The van der Waals surface area contributed by atoms with Crippen LogP contribution in [0.4, 0.5) is 8.78 Å². The SMILES string of the molecule is CCN1CCN(C(=O)CCc2c(-c3ccc(F)cc3)[nH]c3ccc(F)cc23)CC1. The van der Waals surface area contributed by atoms with Gasteiger partial charge in [-0.2, -0.15) is 0 Å². The maximum atomic E-state index is 13.9. The second-order valence-electron chi connectivity index (χ2n) is 7.49. The van der Waals surface area contributed by atoms with E-state index >= 15 is 0 Å². The van der Waals surface area contributed by atoms with Gasteiger partial charge < -0.3 is 14.8 Å². The number of nitrogens with zero attached hydrogens (tertiary/aromatic N) is 2. The maximum absolute atomic E-state index is 13.9. The van der Waals surface area contributed by atoms with E-state index in [0.29, 0.717) is 12.8 Å². The van der Waals surface area contributed by atoms with Gasteiger partial charge in [0.15, 0.2) is 0 Å². The van der Waals surface area contributed by atoms with Crippen molar-refractivity contribution in [3.63, 3.8) is 0 Å². The average molecular weight is 397 g/mol. The van der Waals surface area contributed by atoms with E-state index in [2.05, 4.69) is 16.8 Å². The van der Waals surface area contributed by atoms with E-state index in [0.717, 1.165) is 60.4 Å². The number of rotatable bonds is 5. The summed E-state index contributed by atoms with van der Waals surface area (Å²) in [4.78, 5) is 20.3. The fraction of sp³-hybridized carbons (Fsp3) is 0.348. The van der Waals surface area contributed by atoms with E-state index in [9.17, 15) is 13.6 Å². The molecule has 3 aromatic rings. The van der Waals surface area contributed by atoms with Gasteiger partial charge in [0, 0.05) is 49.2 Å². The summed E-state index contributed by atoms with van der Waals surface area (Å²) in [7, 11) is 0. The number of aryl methyl sites for hydroxylation is 1. The minimum absolute atomic E-state index is 0.122. The Bertz CT molecular complexity index is 1000. The van der Waals surface area contributed by atoms with Gasteiger partial charge in [0.25, 0.3) is 0 Å². The lowest BCUT2D eigenvalue weighted by molar-refractivity contribution is -0.132. The summed E-state index contributed by atoms with van der Waals surface area (Å²) in [5, 5.41) is 0.771. The molecule has 2 aromatic carbocycles. The van der Waals surface area contributed by atoms with Crippen molar-refractivity contribution in [3.05, 3.63) is 59.7 Å². The second-order valence-corrected chi connectivity index (χ2v) is 7.49. The van der Waals surface area contributed by atoms with Gasteiger partial charge in [-0.1, -0.05) is 6.92 Å². The predicted octanol–water partition coefficient (Wildman–Crippen LogP) is 4.21. The zero-order valence-corrected chi connectivity index (χ0v) is 16.5. The molecule has 29 heavy (non-hydrogen) atoms. The number of fused-ring (bicyclic) bond motifs is 1. The number of amides is 1. The number of hydrogen-bond donors (Lipinski definition) is 1. The normalized spacial score (nSPS) is 15.2. The van der Waals surface area contributed by atoms with E-state index in [1.54, 1.807) is 18.2 Å². The molecule has 4 rings (SSSR count). The summed E-state index contributed by atoms with van der Waals surface area (Å²) in [6.07, 6.45) is 0.868. The number of aromatic amines is 1. The highest BCUT2D eigenvalue weighted by atomic mass is 19.1. The Morgan fingerprint density at radius 3 is 2.38 bits per heavy atom. The van der Waals surface area contributed by atoms with Crippen LogP contribution in [-0.4, -0.2) is 53.4 Å². The van der Waals surface area contributed by atoms with E-state index < -0.39 is 0 Å². The monoisotopic (exact) mass is 397 g/mol. The maximum Gasteiger partial charge on any atom is 0.222 e. The summed E-state index contributed by atoms with van der Waals surface area (Å²) < 4.78 is 27.3. The Morgan fingerprint density at radius 2 is 1.69 bits per heavy atom. The van der Waals surface area contributed by atoms with Crippen molar-refractivity contribution in [2.45, 2.75) is 19.8 Å². The molecular formula is C23H25F2N3O. The molecule has 1 saturated heterocycles. The summed E-state index contributed by atoms with van der Waals surface area (Å²) in [6, 6.07) is 10.8. The highest BCUT2D eigenvalue weighted by Gasteiger charge is 2.21. The van der Waals surface area contributed by atoms with Crippen molar-refractivity contribution in [1.29, 1.82) is 0 Å². The number of halogens is 2. The molecule has 1 aliphatic heterocycles. The van der Waals surface area contributed by atoms with Crippen molar-refractivity contribution in [2.24, 2.45) is 0 Å². The third kappa shape index (κ3) is 4.17. The van der Waals surface area contributed by atoms with Gasteiger partial charge in [-0.15, -0.1) is 0 Å². The van der Waals surface area contributed by atoms with Crippen molar-refractivity contribution in [3.8, 4) is 11.3 Å². The lowest BCUT2D eigenvalue weighted by atomic mass is 10.0. The van der Waals surface area contributed by atoms with Crippen molar-refractivity contribution >= 4 is 16.8 Å². The van der Waals surface area contributed by atoms with Gasteiger partial charge >= 0.3 is 0 Å². The minimum Gasteiger partial charge on any atom is -0.354 e. The standard InChI is InChI=1S/C23H25F2N3O/c1-2-27-11-13-28(14-12-27)22(29)10-8-19-20-15-18(25)7-9-21(20)26-23(19)16-3-5-17(24)6-4-16/h3-7,9,15,26H,2,8,10-14H2,1H3. The van der Waals surface area contributed by atoms with E-state index in [1.807, 2.05) is 4.90 Å². The number of benzene rings is 2. The molecule has 0 unspecified atom stereocenters. The van der Waals surface area contributed by atoms with Crippen molar-refractivity contribution < 1.29 is 13.6 Å². The third-order valence-electron chi connectivity index (χ3n) is 5.76. The topological polar surface area (TPSA) is 39.3 Å². The van der Waals surface area contributed by atoms with Gasteiger partial charge in [0.05, 0.1) is 0 Å². The molecule has 0 atom stereocenters. The first-order valence-corrected chi connectivity index (χ1v) is 10.1. The fourth-order valence-electron chi connectivity index (χ4n) is 4.05. The zero-order valence-electron chi connectivity index (χ0n) is 16.5. The fourth-order valence-corrected chi connectivity index (χ4v) is 4.05. The lowest BCUT2D eigenvalue weighted by Gasteiger charge is -2.34. The highest BCUT2D eigenvalue weighted by molar-refractivity contribution is 5.91. The molecule has 1 aliphatic rings. The number of piperazine rings is 1. The number of hydrogen-bond acceptors (Lipinski definition) is 2. The first kappa shape index (κ1) is 19.6.